The number of rotatable bonds is 8. The van der Waals surface area contributed by atoms with Gasteiger partial charge in [0.1, 0.15) is 17.8 Å². The van der Waals surface area contributed by atoms with Crippen LogP contribution in [0.1, 0.15) is 33.7 Å². The third kappa shape index (κ3) is 4.34. The van der Waals surface area contributed by atoms with E-state index in [-0.39, 0.29) is 18.8 Å². The summed E-state index contributed by atoms with van der Waals surface area (Å²) in [6.45, 7) is 3.39. The molecule has 2 heterocycles. The second kappa shape index (κ2) is 8.68. The van der Waals surface area contributed by atoms with E-state index in [0.29, 0.717) is 29.3 Å². The molecule has 1 aromatic carbocycles. The van der Waals surface area contributed by atoms with Crippen molar-refractivity contribution in [3.63, 3.8) is 0 Å². The van der Waals surface area contributed by atoms with Crippen molar-refractivity contribution in [2.75, 3.05) is 20.8 Å². The van der Waals surface area contributed by atoms with Gasteiger partial charge in [0.2, 0.25) is 5.78 Å². The molecule has 0 fully saturated rings. The molecule has 0 spiro atoms. The minimum absolute atomic E-state index is 0.117. The molecule has 9 heteroatoms. The predicted molar refractivity (Wildman–Crippen MR) is 103 cm³/mol. The molecule has 2 aromatic heterocycles. The van der Waals surface area contributed by atoms with Gasteiger partial charge in [0.15, 0.2) is 6.61 Å². The molecule has 0 bridgehead atoms. The summed E-state index contributed by atoms with van der Waals surface area (Å²) in [6, 6.07) is 4.87. The van der Waals surface area contributed by atoms with Gasteiger partial charge in [-0.15, -0.1) is 0 Å². The number of carbonyl (C=O) groups is 2. The number of methoxy groups -OCH3 is 2. The van der Waals surface area contributed by atoms with Crippen LogP contribution in [0.3, 0.4) is 0 Å². The average molecular weight is 398 g/mol. The largest absolute Gasteiger partial charge is 0.497 e. The van der Waals surface area contributed by atoms with Crippen molar-refractivity contribution in [3.05, 3.63) is 47.0 Å². The average Bonchev–Trinajstić information content (AvgIpc) is 3.19. The van der Waals surface area contributed by atoms with Crippen LogP contribution in [0, 0.1) is 13.8 Å². The Kier molecular flexibility index (Phi) is 6.06. The van der Waals surface area contributed by atoms with Gasteiger partial charge in [0, 0.05) is 17.8 Å². The van der Waals surface area contributed by atoms with Crippen molar-refractivity contribution in [1.29, 1.82) is 0 Å². The Morgan fingerprint density at radius 1 is 1.14 bits per heavy atom. The van der Waals surface area contributed by atoms with Crippen LogP contribution in [0.15, 0.2) is 24.5 Å². The highest BCUT2D eigenvalue weighted by Gasteiger charge is 2.17. The van der Waals surface area contributed by atoms with Crippen molar-refractivity contribution >= 4 is 17.5 Å². The molecule has 0 aliphatic rings. The van der Waals surface area contributed by atoms with E-state index in [1.165, 1.54) is 20.5 Å². The van der Waals surface area contributed by atoms with Gasteiger partial charge in [-0.25, -0.2) is 9.50 Å². The molecule has 152 valence electrons. The van der Waals surface area contributed by atoms with Crippen molar-refractivity contribution in [2.45, 2.75) is 26.7 Å². The fraction of sp³-hybridized carbons (Fsp3) is 0.350. The summed E-state index contributed by atoms with van der Waals surface area (Å²) in [5.41, 5.74) is 2.86. The van der Waals surface area contributed by atoms with Gasteiger partial charge in [0.25, 0.3) is 5.78 Å². The maximum Gasteiger partial charge on any atom is 0.306 e. The summed E-state index contributed by atoms with van der Waals surface area (Å²) in [7, 11) is 2.97. The highest BCUT2D eigenvalue weighted by atomic mass is 16.5. The Morgan fingerprint density at radius 2 is 1.93 bits per heavy atom. The van der Waals surface area contributed by atoms with Crippen LogP contribution in [0.5, 0.6) is 11.5 Å². The minimum atomic E-state index is -0.474. The van der Waals surface area contributed by atoms with Crippen molar-refractivity contribution < 1.29 is 23.8 Å². The molecular weight excluding hydrogens is 376 g/mol. The van der Waals surface area contributed by atoms with Gasteiger partial charge < -0.3 is 14.2 Å². The van der Waals surface area contributed by atoms with Gasteiger partial charge in [-0.2, -0.15) is 10.1 Å². The molecule has 0 amide bonds. The fourth-order valence-corrected chi connectivity index (χ4v) is 3.07. The zero-order valence-corrected chi connectivity index (χ0v) is 16.8. The number of hydrogen-bond donors (Lipinski definition) is 0. The first-order valence-electron chi connectivity index (χ1n) is 9.01. The molecule has 0 radical (unpaired) electrons. The van der Waals surface area contributed by atoms with Crippen LogP contribution >= 0.6 is 0 Å². The molecule has 29 heavy (non-hydrogen) atoms. The number of ketones is 1. The summed E-state index contributed by atoms with van der Waals surface area (Å²) in [4.78, 5) is 33.1. The van der Waals surface area contributed by atoms with Gasteiger partial charge in [-0.1, -0.05) is 0 Å². The number of Topliss-reactive ketones (excluding diaryl/α,β-unsaturated/α-hetero) is 1. The second-order valence-electron chi connectivity index (χ2n) is 6.38. The van der Waals surface area contributed by atoms with Crippen LogP contribution in [0.2, 0.25) is 0 Å². The van der Waals surface area contributed by atoms with Gasteiger partial charge >= 0.3 is 5.97 Å². The molecule has 9 nitrogen and oxygen atoms in total. The smallest absolute Gasteiger partial charge is 0.306 e. The zero-order chi connectivity index (χ0) is 21.0. The number of nitrogens with zero attached hydrogens (tertiary/aromatic N) is 4. The zero-order valence-electron chi connectivity index (χ0n) is 16.8. The van der Waals surface area contributed by atoms with E-state index in [1.54, 1.807) is 22.7 Å². The summed E-state index contributed by atoms with van der Waals surface area (Å²) >= 11 is 0. The van der Waals surface area contributed by atoms with Crippen LogP contribution in [0.4, 0.5) is 0 Å². The Balaban J connectivity index is 1.62. The topological polar surface area (TPSA) is 105 Å². The Hall–Kier alpha value is -3.49. The van der Waals surface area contributed by atoms with E-state index in [4.69, 9.17) is 14.2 Å². The highest BCUT2D eigenvalue weighted by molar-refractivity contribution is 6.00. The lowest BCUT2D eigenvalue weighted by Crippen LogP contribution is -2.16. The molecule has 0 saturated carbocycles. The molecule has 0 aliphatic heterocycles. The van der Waals surface area contributed by atoms with E-state index in [0.717, 1.165) is 17.0 Å². The van der Waals surface area contributed by atoms with E-state index in [1.807, 2.05) is 13.8 Å². The van der Waals surface area contributed by atoms with Crippen LogP contribution < -0.4 is 9.47 Å². The number of aromatic nitrogens is 4. The normalized spacial score (nSPS) is 10.8. The van der Waals surface area contributed by atoms with Crippen LogP contribution in [-0.2, 0) is 16.0 Å². The number of ether oxygens (including phenoxy) is 3. The number of esters is 1. The summed E-state index contributed by atoms with van der Waals surface area (Å²) in [5, 5.41) is 4.13. The van der Waals surface area contributed by atoms with Crippen molar-refractivity contribution in [3.8, 4) is 11.5 Å². The third-order valence-corrected chi connectivity index (χ3v) is 4.64. The van der Waals surface area contributed by atoms with Crippen molar-refractivity contribution in [2.24, 2.45) is 0 Å². The van der Waals surface area contributed by atoms with E-state index >= 15 is 0 Å². The fourth-order valence-electron chi connectivity index (χ4n) is 3.07. The van der Waals surface area contributed by atoms with Crippen molar-refractivity contribution in [1.82, 2.24) is 19.6 Å². The first kappa shape index (κ1) is 20.2. The Bertz CT molecular complexity index is 1060. The minimum Gasteiger partial charge on any atom is -0.497 e. The quantitative estimate of drug-likeness (QED) is 0.420. The number of fused-ring (bicyclic) bond motifs is 1. The first-order valence-corrected chi connectivity index (χ1v) is 9.01. The first-order chi connectivity index (χ1) is 13.9. The number of carbonyl (C=O) groups excluding carboxylic acids is 2. The van der Waals surface area contributed by atoms with Gasteiger partial charge in [-0.05, 0) is 44.0 Å². The lowest BCUT2D eigenvalue weighted by molar-refractivity contribution is -0.142. The number of hydrogen-bond acceptors (Lipinski definition) is 8. The van der Waals surface area contributed by atoms with Crippen LogP contribution in [-0.4, -0.2) is 52.2 Å². The molecule has 0 atom stereocenters. The van der Waals surface area contributed by atoms with Gasteiger partial charge in [0.05, 0.1) is 19.8 Å². The second-order valence-corrected chi connectivity index (χ2v) is 6.38. The number of aryl methyl sites for hydroxylation is 2. The molecule has 3 rings (SSSR count). The maximum absolute atomic E-state index is 12.5. The maximum atomic E-state index is 12.5. The highest BCUT2D eigenvalue weighted by Crippen LogP contribution is 2.24. The molecule has 0 aliphatic carbocycles. The monoisotopic (exact) mass is 398 g/mol. The molecular formula is C20H22N4O5. The van der Waals surface area contributed by atoms with E-state index in [9.17, 15) is 9.59 Å². The summed E-state index contributed by atoms with van der Waals surface area (Å²) in [5.74, 6) is 0.585. The molecule has 0 N–H and O–H groups in total. The SMILES string of the molecule is COc1ccc(OC)c(C(=O)COC(=O)CCc2c(C)nc3ncnn3c2C)c1. The third-order valence-electron chi connectivity index (χ3n) is 4.64. The van der Waals surface area contributed by atoms with Crippen LogP contribution in [0.25, 0.3) is 5.78 Å². The standard InChI is InChI=1S/C20H22N4O5/c1-12-15(13(2)24-20(23-12)21-11-22-24)6-8-19(26)29-10-17(25)16-9-14(27-3)5-7-18(16)28-4/h5,7,9,11H,6,8,10H2,1-4H3. The van der Waals surface area contributed by atoms with E-state index < -0.39 is 5.97 Å². The lowest BCUT2D eigenvalue weighted by Gasteiger charge is -2.11. The Morgan fingerprint density at radius 3 is 2.66 bits per heavy atom. The number of benzene rings is 1. The lowest BCUT2D eigenvalue weighted by atomic mass is 10.1. The van der Waals surface area contributed by atoms with E-state index in [2.05, 4.69) is 15.1 Å². The summed E-state index contributed by atoms with van der Waals surface area (Å²) in [6.07, 6.45) is 1.98. The molecule has 0 unspecified atom stereocenters. The molecule has 3 aromatic rings. The predicted octanol–water partition coefficient (Wildman–Crippen LogP) is 2.12. The van der Waals surface area contributed by atoms with Gasteiger partial charge in [-0.3, -0.25) is 9.59 Å². The molecule has 0 saturated heterocycles. The Labute approximate surface area is 167 Å². The summed E-state index contributed by atoms with van der Waals surface area (Å²) < 4.78 is 17.1.